The lowest BCUT2D eigenvalue weighted by Gasteiger charge is -2.38. The number of nitro benzene ring substituents is 1. The fourth-order valence-corrected chi connectivity index (χ4v) is 3.58. The molecule has 1 aromatic heterocycles. The summed E-state index contributed by atoms with van der Waals surface area (Å²) in [5.41, 5.74) is 1.70. The third-order valence-corrected chi connectivity index (χ3v) is 4.82. The van der Waals surface area contributed by atoms with Crippen LogP contribution in [0, 0.1) is 24.0 Å². The summed E-state index contributed by atoms with van der Waals surface area (Å²) in [5.74, 6) is 1.25. The SMILES string of the molecule is Cc1noc(C(C)N2CCN(c3c(C)cc([N+](=O)[O-])cc3Cl)CC2)n1. The molecule has 2 heterocycles. The van der Waals surface area contributed by atoms with Crippen LogP contribution in [0.2, 0.25) is 5.02 Å². The van der Waals surface area contributed by atoms with Crippen LogP contribution in [0.4, 0.5) is 11.4 Å². The second kappa shape index (κ2) is 6.97. The van der Waals surface area contributed by atoms with Crippen LogP contribution in [0.25, 0.3) is 0 Å². The molecule has 0 N–H and O–H groups in total. The molecule has 1 fully saturated rings. The molecule has 0 radical (unpaired) electrons. The number of hydrogen-bond acceptors (Lipinski definition) is 7. The number of anilines is 1. The summed E-state index contributed by atoms with van der Waals surface area (Å²) in [6.07, 6.45) is 0. The number of nitro groups is 1. The first kappa shape index (κ1) is 17.6. The zero-order chi connectivity index (χ0) is 18.1. The van der Waals surface area contributed by atoms with Gasteiger partial charge in [-0.25, -0.2) is 0 Å². The molecular formula is C16H20ClN5O3. The predicted octanol–water partition coefficient (Wildman–Crippen LogP) is 3.13. The monoisotopic (exact) mass is 365 g/mol. The number of benzene rings is 1. The van der Waals surface area contributed by atoms with Crippen molar-refractivity contribution in [2.45, 2.75) is 26.8 Å². The van der Waals surface area contributed by atoms with E-state index in [1.165, 1.54) is 6.07 Å². The van der Waals surface area contributed by atoms with Gasteiger partial charge in [0.25, 0.3) is 5.69 Å². The largest absolute Gasteiger partial charge is 0.368 e. The average molecular weight is 366 g/mol. The van der Waals surface area contributed by atoms with E-state index in [1.54, 1.807) is 13.0 Å². The Bertz CT molecular complexity index is 763. The second-order valence-corrected chi connectivity index (χ2v) is 6.64. The van der Waals surface area contributed by atoms with E-state index in [2.05, 4.69) is 19.9 Å². The van der Waals surface area contributed by atoms with Crippen LogP contribution >= 0.6 is 11.6 Å². The molecule has 3 rings (SSSR count). The van der Waals surface area contributed by atoms with E-state index >= 15 is 0 Å². The van der Waals surface area contributed by atoms with E-state index in [0.717, 1.165) is 37.4 Å². The van der Waals surface area contributed by atoms with Crippen molar-refractivity contribution in [2.24, 2.45) is 0 Å². The van der Waals surface area contributed by atoms with Crippen molar-refractivity contribution in [2.75, 3.05) is 31.1 Å². The second-order valence-electron chi connectivity index (χ2n) is 6.23. The standard InChI is InChI=1S/C16H20ClN5O3/c1-10-8-13(22(23)24)9-14(17)15(10)21-6-4-20(5-7-21)11(2)16-18-12(3)19-25-16/h8-9,11H,4-7H2,1-3H3. The van der Waals surface area contributed by atoms with E-state index < -0.39 is 4.92 Å². The summed E-state index contributed by atoms with van der Waals surface area (Å²) in [7, 11) is 0. The Morgan fingerprint density at radius 1 is 1.28 bits per heavy atom. The Morgan fingerprint density at radius 3 is 2.48 bits per heavy atom. The minimum Gasteiger partial charge on any atom is -0.368 e. The van der Waals surface area contributed by atoms with Gasteiger partial charge in [0.15, 0.2) is 5.82 Å². The molecule has 0 bridgehead atoms. The third-order valence-electron chi connectivity index (χ3n) is 4.53. The highest BCUT2D eigenvalue weighted by molar-refractivity contribution is 6.33. The van der Waals surface area contributed by atoms with Crippen LogP contribution in [0.3, 0.4) is 0 Å². The highest BCUT2D eigenvalue weighted by Crippen LogP contribution is 2.34. The van der Waals surface area contributed by atoms with Crippen LogP contribution < -0.4 is 4.90 Å². The molecule has 1 aliphatic heterocycles. The van der Waals surface area contributed by atoms with Gasteiger partial charge >= 0.3 is 0 Å². The molecule has 134 valence electrons. The number of aromatic nitrogens is 2. The molecule has 0 spiro atoms. The van der Waals surface area contributed by atoms with Crippen LogP contribution in [0.5, 0.6) is 0 Å². The van der Waals surface area contributed by atoms with Gasteiger partial charge in [-0.05, 0) is 26.3 Å². The number of halogens is 1. The van der Waals surface area contributed by atoms with Gasteiger partial charge in [0.1, 0.15) is 0 Å². The van der Waals surface area contributed by atoms with Gasteiger partial charge in [-0.15, -0.1) is 0 Å². The van der Waals surface area contributed by atoms with Gasteiger partial charge < -0.3 is 9.42 Å². The van der Waals surface area contributed by atoms with Crippen molar-refractivity contribution in [1.82, 2.24) is 15.0 Å². The highest BCUT2D eigenvalue weighted by Gasteiger charge is 2.27. The molecule has 0 saturated carbocycles. The lowest BCUT2D eigenvalue weighted by atomic mass is 10.1. The van der Waals surface area contributed by atoms with Crippen molar-refractivity contribution in [3.05, 3.63) is 44.5 Å². The fourth-order valence-electron chi connectivity index (χ4n) is 3.20. The molecule has 1 atom stereocenters. The maximum Gasteiger partial charge on any atom is 0.271 e. The summed E-state index contributed by atoms with van der Waals surface area (Å²) in [4.78, 5) is 19.3. The van der Waals surface area contributed by atoms with Gasteiger partial charge in [0, 0.05) is 38.3 Å². The van der Waals surface area contributed by atoms with Gasteiger partial charge in [-0.1, -0.05) is 16.8 Å². The van der Waals surface area contributed by atoms with Crippen LogP contribution in [-0.4, -0.2) is 46.1 Å². The lowest BCUT2D eigenvalue weighted by Crippen LogP contribution is -2.47. The van der Waals surface area contributed by atoms with Crippen molar-refractivity contribution < 1.29 is 9.45 Å². The number of aryl methyl sites for hydroxylation is 2. The molecule has 8 nitrogen and oxygen atoms in total. The summed E-state index contributed by atoms with van der Waals surface area (Å²) in [6.45, 7) is 8.88. The zero-order valence-corrected chi connectivity index (χ0v) is 15.2. The van der Waals surface area contributed by atoms with Crippen molar-refractivity contribution in [3.8, 4) is 0 Å². The van der Waals surface area contributed by atoms with E-state index in [-0.39, 0.29) is 11.7 Å². The average Bonchev–Trinajstić information content (AvgIpc) is 3.00. The van der Waals surface area contributed by atoms with Gasteiger partial charge in [-0.2, -0.15) is 4.98 Å². The highest BCUT2D eigenvalue weighted by atomic mass is 35.5. The molecule has 2 aromatic rings. The predicted molar refractivity (Wildman–Crippen MR) is 94.1 cm³/mol. The van der Waals surface area contributed by atoms with Gasteiger partial charge in [0.2, 0.25) is 5.89 Å². The van der Waals surface area contributed by atoms with Crippen LogP contribution in [-0.2, 0) is 0 Å². The number of non-ortho nitro benzene ring substituents is 1. The number of piperazine rings is 1. The first-order valence-corrected chi connectivity index (χ1v) is 8.48. The Morgan fingerprint density at radius 2 is 1.96 bits per heavy atom. The van der Waals surface area contributed by atoms with Crippen molar-refractivity contribution in [1.29, 1.82) is 0 Å². The minimum absolute atomic E-state index is 0.0188. The Hall–Kier alpha value is -2.19. The smallest absolute Gasteiger partial charge is 0.271 e. The Kier molecular flexibility index (Phi) is 4.91. The van der Waals surface area contributed by atoms with Crippen molar-refractivity contribution in [3.63, 3.8) is 0 Å². The minimum atomic E-state index is -0.422. The first-order chi connectivity index (χ1) is 11.9. The topological polar surface area (TPSA) is 88.5 Å². The summed E-state index contributed by atoms with van der Waals surface area (Å²) in [6, 6.07) is 3.04. The quantitative estimate of drug-likeness (QED) is 0.607. The first-order valence-electron chi connectivity index (χ1n) is 8.10. The molecule has 1 aromatic carbocycles. The third kappa shape index (κ3) is 3.59. The summed E-state index contributed by atoms with van der Waals surface area (Å²) < 4.78 is 5.26. The van der Waals surface area contributed by atoms with Gasteiger partial charge in [0.05, 0.1) is 21.7 Å². The molecular weight excluding hydrogens is 346 g/mol. The molecule has 0 amide bonds. The van der Waals surface area contributed by atoms with Crippen LogP contribution in [0.1, 0.15) is 30.2 Å². The van der Waals surface area contributed by atoms with E-state index in [0.29, 0.717) is 16.7 Å². The zero-order valence-electron chi connectivity index (χ0n) is 14.4. The van der Waals surface area contributed by atoms with E-state index in [1.807, 2.05) is 13.8 Å². The molecule has 1 unspecified atom stereocenters. The molecule has 0 aliphatic carbocycles. The summed E-state index contributed by atoms with van der Waals surface area (Å²) in [5, 5.41) is 15.2. The summed E-state index contributed by atoms with van der Waals surface area (Å²) >= 11 is 6.32. The maximum atomic E-state index is 11.0. The molecule has 1 saturated heterocycles. The van der Waals surface area contributed by atoms with Gasteiger partial charge in [-0.3, -0.25) is 15.0 Å². The fraction of sp³-hybridized carbons (Fsp3) is 0.500. The Balaban J connectivity index is 1.71. The number of hydrogen-bond donors (Lipinski definition) is 0. The van der Waals surface area contributed by atoms with Crippen molar-refractivity contribution >= 4 is 23.0 Å². The Labute approximate surface area is 150 Å². The number of rotatable bonds is 4. The maximum absolute atomic E-state index is 11.0. The van der Waals surface area contributed by atoms with Crippen LogP contribution in [0.15, 0.2) is 16.7 Å². The molecule has 25 heavy (non-hydrogen) atoms. The lowest BCUT2D eigenvalue weighted by molar-refractivity contribution is -0.384. The number of nitrogens with zero attached hydrogens (tertiary/aromatic N) is 5. The molecule has 1 aliphatic rings. The molecule has 9 heteroatoms. The van der Waals surface area contributed by atoms with E-state index in [4.69, 9.17) is 16.1 Å². The van der Waals surface area contributed by atoms with E-state index in [9.17, 15) is 10.1 Å². The normalized spacial score (nSPS) is 16.9.